The van der Waals surface area contributed by atoms with E-state index in [1.165, 1.54) is 24.0 Å². The molecular weight excluding hydrogens is 338 g/mol. The molecule has 1 saturated carbocycles. The molecule has 2 aromatic carbocycles. The van der Waals surface area contributed by atoms with Crippen LogP contribution in [0, 0.1) is 0 Å². The molecule has 0 bridgehead atoms. The van der Waals surface area contributed by atoms with Gasteiger partial charge in [-0.25, -0.2) is 0 Å². The van der Waals surface area contributed by atoms with Crippen molar-refractivity contribution in [3.05, 3.63) is 76.6 Å². The van der Waals surface area contributed by atoms with Crippen LogP contribution in [0.1, 0.15) is 41.0 Å². The van der Waals surface area contributed by atoms with E-state index in [1.54, 1.807) is 11.8 Å². The summed E-state index contributed by atoms with van der Waals surface area (Å²) in [4.78, 5) is 0. The van der Waals surface area contributed by atoms with Gasteiger partial charge >= 0.3 is 0 Å². The van der Waals surface area contributed by atoms with Gasteiger partial charge < -0.3 is 4.57 Å². The molecule has 1 aromatic heterocycles. The number of thioether (sulfide) groups is 1. The van der Waals surface area contributed by atoms with Crippen molar-refractivity contribution >= 4 is 23.4 Å². The summed E-state index contributed by atoms with van der Waals surface area (Å²) in [5.41, 5.74) is 2.47. The molecule has 3 nitrogen and oxygen atoms in total. The summed E-state index contributed by atoms with van der Waals surface area (Å²) in [5.74, 6) is 1.71. The Kier molecular flexibility index (Phi) is 4.33. The highest BCUT2D eigenvalue weighted by molar-refractivity contribution is 7.99. The number of nitrogens with zero attached hydrogens (tertiary/aromatic N) is 3. The van der Waals surface area contributed by atoms with Crippen LogP contribution in [0.2, 0.25) is 5.02 Å². The molecule has 1 heterocycles. The van der Waals surface area contributed by atoms with Gasteiger partial charge in [-0.1, -0.05) is 65.8 Å². The van der Waals surface area contributed by atoms with Gasteiger partial charge in [0.05, 0.1) is 5.25 Å². The first kappa shape index (κ1) is 15.7. The molecule has 0 spiro atoms. The molecule has 0 N–H and O–H groups in total. The highest BCUT2D eigenvalue weighted by atomic mass is 35.5. The van der Waals surface area contributed by atoms with Crippen molar-refractivity contribution in [1.29, 1.82) is 0 Å². The zero-order valence-corrected chi connectivity index (χ0v) is 15.0. The molecule has 4 rings (SSSR count). The maximum atomic E-state index is 6.06. The first-order chi connectivity index (χ1) is 11.7. The van der Waals surface area contributed by atoms with Crippen molar-refractivity contribution in [1.82, 2.24) is 14.8 Å². The SMILES string of the molecule is Cn1c(S[C@@H](c2ccccc2)c2ccc(Cl)cc2)nnc1C1CC1. The number of halogens is 1. The average molecular weight is 356 g/mol. The van der Waals surface area contributed by atoms with E-state index in [2.05, 4.69) is 58.2 Å². The molecule has 0 aliphatic heterocycles. The lowest BCUT2D eigenvalue weighted by Crippen LogP contribution is -2.01. The molecule has 1 aliphatic rings. The summed E-state index contributed by atoms with van der Waals surface area (Å²) in [5, 5.41) is 10.7. The molecule has 1 fully saturated rings. The van der Waals surface area contributed by atoms with Crippen molar-refractivity contribution < 1.29 is 0 Å². The van der Waals surface area contributed by atoms with Gasteiger partial charge in [-0.15, -0.1) is 10.2 Å². The van der Waals surface area contributed by atoms with Crippen molar-refractivity contribution in [3.8, 4) is 0 Å². The quantitative estimate of drug-likeness (QED) is 0.587. The second-order valence-corrected chi connectivity index (χ2v) is 7.64. The third-order valence-electron chi connectivity index (χ3n) is 4.31. The van der Waals surface area contributed by atoms with E-state index in [0.717, 1.165) is 16.0 Å². The van der Waals surface area contributed by atoms with Crippen LogP contribution >= 0.6 is 23.4 Å². The molecule has 1 atom stereocenters. The summed E-state index contributed by atoms with van der Waals surface area (Å²) in [7, 11) is 2.07. The van der Waals surface area contributed by atoms with Crippen LogP contribution in [-0.2, 0) is 7.05 Å². The molecule has 0 saturated heterocycles. The van der Waals surface area contributed by atoms with Crippen molar-refractivity contribution in [2.75, 3.05) is 0 Å². The fraction of sp³-hybridized carbons (Fsp3) is 0.263. The van der Waals surface area contributed by atoms with Crippen LogP contribution in [0.25, 0.3) is 0 Å². The summed E-state index contributed by atoms with van der Waals surface area (Å²) in [6, 6.07) is 18.6. The fourth-order valence-corrected chi connectivity index (χ4v) is 4.09. The number of hydrogen-bond donors (Lipinski definition) is 0. The maximum Gasteiger partial charge on any atom is 0.191 e. The van der Waals surface area contributed by atoms with Gasteiger partial charge in [0.25, 0.3) is 0 Å². The van der Waals surface area contributed by atoms with E-state index in [1.807, 2.05) is 18.2 Å². The predicted molar refractivity (Wildman–Crippen MR) is 98.6 cm³/mol. The molecule has 3 aromatic rings. The van der Waals surface area contributed by atoms with Gasteiger partial charge in [-0.2, -0.15) is 0 Å². The summed E-state index contributed by atoms with van der Waals surface area (Å²) < 4.78 is 2.15. The van der Waals surface area contributed by atoms with E-state index in [4.69, 9.17) is 11.6 Å². The zero-order chi connectivity index (χ0) is 16.5. The van der Waals surface area contributed by atoms with Crippen LogP contribution in [-0.4, -0.2) is 14.8 Å². The topological polar surface area (TPSA) is 30.7 Å². The fourth-order valence-electron chi connectivity index (χ4n) is 2.83. The Bertz CT molecular complexity index is 826. The normalized spacial score (nSPS) is 15.4. The number of rotatable bonds is 5. The molecule has 122 valence electrons. The second-order valence-electron chi connectivity index (χ2n) is 6.13. The van der Waals surface area contributed by atoms with Crippen molar-refractivity contribution in [2.45, 2.75) is 29.2 Å². The largest absolute Gasteiger partial charge is 0.309 e. The maximum absolute atomic E-state index is 6.06. The number of benzene rings is 2. The monoisotopic (exact) mass is 355 g/mol. The Morgan fingerprint density at radius 2 is 1.67 bits per heavy atom. The Morgan fingerprint density at radius 3 is 2.33 bits per heavy atom. The van der Waals surface area contributed by atoms with Gasteiger partial charge in [-0.3, -0.25) is 0 Å². The van der Waals surface area contributed by atoms with Gasteiger partial charge in [-0.05, 0) is 36.1 Å². The Hall–Kier alpha value is -1.78. The van der Waals surface area contributed by atoms with Gasteiger partial charge in [0, 0.05) is 18.0 Å². The molecular formula is C19H18ClN3S. The van der Waals surface area contributed by atoms with E-state index in [0.29, 0.717) is 5.92 Å². The van der Waals surface area contributed by atoms with Crippen LogP contribution in [0.3, 0.4) is 0 Å². The van der Waals surface area contributed by atoms with Gasteiger partial charge in [0.1, 0.15) is 5.82 Å². The highest BCUT2D eigenvalue weighted by Gasteiger charge is 2.30. The number of hydrogen-bond acceptors (Lipinski definition) is 3. The summed E-state index contributed by atoms with van der Waals surface area (Å²) in [6.07, 6.45) is 2.46. The summed E-state index contributed by atoms with van der Waals surface area (Å²) in [6.45, 7) is 0. The third kappa shape index (κ3) is 3.21. The average Bonchev–Trinajstić information content (AvgIpc) is 3.39. The van der Waals surface area contributed by atoms with E-state index < -0.39 is 0 Å². The van der Waals surface area contributed by atoms with Crippen LogP contribution in [0.4, 0.5) is 0 Å². The second kappa shape index (κ2) is 6.61. The minimum atomic E-state index is 0.165. The first-order valence-corrected chi connectivity index (χ1v) is 9.34. The Balaban J connectivity index is 1.69. The molecule has 1 aliphatic carbocycles. The Labute approximate surface area is 151 Å². The lowest BCUT2D eigenvalue weighted by atomic mass is 10.0. The van der Waals surface area contributed by atoms with Crippen LogP contribution < -0.4 is 0 Å². The third-order valence-corrected chi connectivity index (χ3v) is 5.91. The molecule has 24 heavy (non-hydrogen) atoms. The molecule has 0 radical (unpaired) electrons. The van der Waals surface area contributed by atoms with Crippen molar-refractivity contribution in [3.63, 3.8) is 0 Å². The van der Waals surface area contributed by atoms with Crippen molar-refractivity contribution in [2.24, 2.45) is 7.05 Å². The van der Waals surface area contributed by atoms with E-state index in [-0.39, 0.29) is 5.25 Å². The predicted octanol–water partition coefficient (Wildman–Crippen LogP) is 5.23. The van der Waals surface area contributed by atoms with Crippen LogP contribution in [0.5, 0.6) is 0 Å². The lowest BCUT2D eigenvalue weighted by Gasteiger charge is -2.17. The first-order valence-electron chi connectivity index (χ1n) is 8.09. The minimum absolute atomic E-state index is 0.165. The van der Waals surface area contributed by atoms with Crippen LogP contribution in [0.15, 0.2) is 59.8 Å². The molecule has 5 heteroatoms. The minimum Gasteiger partial charge on any atom is -0.309 e. The molecule has 0 unspecified atom stereocenters. The van der Waals surface area contributed by atoms with Gasteiger partial charge in [0.15, 0.2) is 5.16 Å². The Morgan fingerprint density at radius 1 is 1.00 bits per heavy atom. The standard InChI is InChI=1S/C19H18ClN3S/c1-23-18(15-7-8-15)21-22-19(23)24-17(13-5-3-2-4-6-13)14-9-11-16(20)12-10-14/h2-6,9-12,15,17H,7-8H2,1H3/t17-/m0/s1. The van der Waals surface area contributed by atoms with Gasteiger partial charge in [0.2, 0.25) is 0 Å². The smallest absolute Gasteiger partial charge is 0.191 e. The zero-order valence-electron chi connectivity index (χ0n) is 13.4. The lowest BCUT2D eigenvalue weighted by molar-refractivity contribution is 0.735. The van der Waals surface area contributed by atoms with E-state index in [9.17, 15) is 0 Å². The number of aromatic nitrogens is 3. The van der Waals surface area contributed by atoms with E-state index >= 15 is 0 Å². The highest BCUT2D eigenvalue weighted by Crippen LogP contribution is 2.43. The summed E-state index contributed by atoms with van der Waals surface area (Å²) >= 11 is 7.80. The molecule has 0 amide bonds.